The van der Waals surface area contributed by atoms with Crippen molar-refractivity contribution in [1.82, 2.24) is 5.43 Å². The summed E-state index contributed by atoms with van der Waals surface area (Å²) >= 11 is 0. The van der Waals surface area contributed by atoms with Gasteiger partial charge in [0, 0.05) is 12.5 Å². The van der Waals surface area contributed by atoms with E-state index in [0.717, 1.165) is 19.3 Å². The standard InChI is InChI=1S/C17H34N2/c1-3-5-7-8-9-10-11-12-14-16-17(19-18)15-13-6-4-2/h2,17,19H,3,5-16,18H2,1H3. The summed E-state index contributed by atoms with van der Waals surface area (Å²) in [4.78, 5) is 0. The number of nitrogens with one attached hydrogen (secondary N) is 1. The molecule has 2 heteroatoms. The molecule has 19 heavy (non-hydrogen) atoms. The van der Waals surface area contributed by atoms with E-state index < -0.39 is 0 Å². The predicted octanol–water partition coefficient (Wildman–Crippen LogP) is 4.54. The average Bonchev–Trinajstić information content (AvgIpc) is 2.43. The third-order valence-corrected chi connectivity index (χ3v) is 3.77. The van der Waals surface area contributed by atoms with Gasteiger partial charge >= 0.3 is 0 Å². The third kappa shape index (κ3) is 13.7. The number of terminal acetylenes is 1. The molecule has 0 radical (unpaired) electrons. The van der Waals surface area contributed by atoms with Gasteiger partial charge in [-0.15, -0.1) is 12.3 Å². The van der Waals surface area contributed by atoms with Crippen LogP contribution in [-0.2, 0) is 0 Å². The molecule has 0 rings (SSSR count). The fraction of sp³-hybridized carbons (Fsp3) is 0.882. The Hall–Kier alpha value is -0.520. The highest BCUT2D eigenvalue weighted by Gasteiger charge is 2.05. The van der Waals surface area contributed by atoms with Gasteiger partial charge in [-0.25, -0.2) is 0 Å². The molecular weight excluding hydrogens is 232 g/mol. The zero-order valence-corrected chi connectivity index (χ0v) is 12.9. The number of hydrazine groups is 1. The van der Waals surface area contributed by atoms with Gasteiger partial charge in [-0.1, -0.05) is 64.7 Å². The zero-order chi connectivity index (χ0) is 14.2. The molecule has 0 amide bonds. The van der Waals surface area contributed by atoms with Gasteiger partial charge in [0.15, 0.2) is 0 Å². The Morgan fingerprint density at radius 2 is 1.42 bits per heavy atom. The smallest absolute Gasteiger partial charge is 0.0210 e. The number of rotatable bonds is 14. The second-order valence-corrected chi connectivity index (χ2v) is 5.58. The van der Waals surface area contributed by atoms with Crippen LogP contribution in [0.15, 0.2) is 0 Å². The largest absolute Gasteiger partial charge is 0.271 e. The van der Waals surface area contributed by atoms with Gasteiger partial charge in [-0.2, -0.15) is 0 Å². The van der Waals surface area contributed by atoms with Crippen LogP contribution >= 0.6 is 0 Å². The Kier molecular flexibility index (Phi) is 15.1. The normalized spacial score (nSPS) is 12.3. The first-order chi connectivity index (χ1) is 9.35. The molecule has 0 saturated heterocycles. The van der Waals surface area contributed by atoms with Crippen molar-refractivity contribution in [2.75, 3.05) is 0 Å². The molecule has 0 aromatic rings. The van der Waals surface area contributed by atoms with Crippen molar-refractivity contribution in [2.45, 2.75) is 96.4 Å². The lowest BCUT2D eigenvalue weighted by molar-refractivity contribution is 0.430. The van der Waals surface area contributed by atoms with E-state index in [-0.39, 0.29) is 0 Å². The maximum Gasteiger partial charge on any atom is 0.0210 e. The van der Waals surface area contributed by atoms with E-state index in [9.17, 15) is 0 Å². The van der Waals surface area contributed by atoms with Crippen molar-refractivity contribution in [3.63, 3.8) is 0 Å². The summed E-state index contributed by atoms with van der Waals surface area (Å²) in [6.45, 7) is 2.27. The van der Waals surface area contributed by atoms with Gasteiger partial charge in [0.05, 0.1) is 0 Å². The molecule has 0 fully saturated rings. The molecule has 0 aliphatic rings. The molecule has 3 N–H and O–H groups in total. The molecule has 1 atom stereocenters. The lowest BCUT2D eigenvalue weighted by Crippen LogP contribution is -2.34. The molecule has 0 bridgehead atoms. The SMILES string of the molecule is C#CCCCC(CCCCCCCCCCC)NN. The van der Waals surface area contributed by atoms with Crippen molar-refractivity contribution < 1.29 is 0 Å². The van der Waals surface area contributed by atoms with Crippen LogP contribution in [0.25, 0.3) is 0 Å². The van der Waals surface area contributed by atoms with Gasteiger partial charge in [0.25, 0.3) is 0 Å². The van der Waals surface area contributed by atoms with Crippen LogP contribution < -0.4 is 11.3 Å². The molecule has 0 aliphatic carbocycles. The van der Waals surface area contributed by atoms with E-state index in [4.69, 9.17) is 12.3 Å². The summed E-state index contributed by atoms with van der Waals surface area (Å²) < 4.78 is 0. The van der Waals surface area contributed by atoms with E-state index in [2.05, 4.69) is 18.3 Å². The molecule has 0 aromatic carbocycles. The van der Waals surface area contributed by atoms with Crippen molar-refractivity contribution in [2.24, 2.45) is 5.84 Å². The summed E-state index contributed by atoms with van der Waals surface area (Å²) in [5.74, 6) is 8.25. The Morgan fingerprint density at radius 1 is 0.895 bits per heavy atom. The van der Waals surface area contributed by atoms with Crippen molar-refractivity contribution in [3.8, 4) is 12.3 Å². The molecule has 0 aromatic heterocycles. The molecule has 0 spiro atoms. The maximum absolute atomic E-state index is 5.56. The van der Waals surface area contributed by atoms with E-state index in [1.165, 1.54) is 64.2 Å². The van der Waals surface area contributed by atoms with Crippen LogP contribution in [0.1, 0.15) is 90.4 Å². The Labute approximate surface area is 120 Å². The van der Waals surface area contributed by atoms with Crippen molar-refractivity contribution >= 4 is 0 Å². The Morgan fingerprint density at radius 3 is 1.95 bits per heavy atom. The summed E-state index contributed by atoms with van der Waals surface area (Å²) in [5, 5.41) is 0. The van der Waals surface area contributed by atoms with Crippen LogP contribution in [0.4, 0.5) is 0 Å². The minimum Gasteiger partial charge on any atom is -0.271 e. The van der Waals surface area contributed by atoms with Crippen LogP contribution in [0.2, 0.25) is 0 Å². The first-order valence-corrected chi connectivity index (χ1v) is 8.24. The van der Waals surface area contributed by atoms with Crippen molar-refractivity contribution in [3.05, 3.63) is 0 Å². The van der Waals surface area contributed by atoms with E-state index in [1.54, 1.807) is 0 Å². The fourth-order valence-corrected chi connectivity index (χ4v) is 2.46. The number of hydrogen-bond donors (Lipinski definition) is 2. The minimum absolute atomic E-state index is 0.456. The van der Waals surface area contributed by atoms with Gasteiger partial charge in [-0.3, -0.25) is 11.3 Å². The number of hydrogen-bond acceptors (Lipinski definition) is 2. The van der Waals surface area contributed by atoms with Gasteiger partial charge in [0.2, 0.25) is 0 Å². The third-order valence-electron chi connectivity index (χ3n) is 3.77. The summed E-state index contributed by atoms with van der Waals surface area (Å²) in [5.41, 5.74) is 2.92. The second-order valence-electron chi connectivity index (χ2n) is 5.58. The van der Waals surface area contributed by atoms with Crippen molar-refractivity contribution in [1.29, 1.82) is 0 Å². The highest BCUT2D eigenvalue weighted by atomic mass is 15.2. The summed E-state index contributed by atoms with van der Waals surface area (Å²) in [6, 6.07) is 0.456. The molecule has 2 nitrogen and oxygen atoms in total. The summed E-state index contributed by atoms with van der Waals surface area (Å²) in [7, 11) is 0. The van der Waals surface area contributed by atoms with E-state index in [0.29, 0.717) is 6.04 Å². The van der Waals surface area contributed by atoms with Crippen LogP contribution in [0.5, 0.6) is 0 Å². The topological polar surface area (TPSA) is 38.0 Å². The van der Waals surface area contributed by atoms with Crippen LogP contribution in [-0.4, -0.2) is 6.04 Å². The lowest BCUT2D eigenvalue weighted by Gasteiger charge is -2.14. The van der Waals surface area contributed by atoms with Crippen LogP contribution in [0.3, 0.4) is 0 Å². The average molecular weight is 266 g/mol. The monoisotopic (exact) mass is 266 g/mol. The Bertz CT molecular complexity index is 208. The number of nitrogens with two attached hydrogens (primary N) is 1. The number of unbranched alkanes of at least 4 members (excludes halogenated alkanes) is 9. The molecule has 0 aliphatic heterocycles. The van der Waals surface area contributed by atoms with E-state index >= 15 is 0 Å². The fourth-order valence-electron chi connectivity index (χ4n) is 2.46. The summed E-state index contributed by atoms with van der Waals surface area (Å²) in [6.07, 6.45) is 21.9. The highest BCUT2D eigenvalue weighted by molar-refractivity contribution is 4.83. The first kappa shape index (κ1) is 18.5. The van der Waals surface area contributed by atoms with Gasteiger partial charge in [0.1, 0.15) is 0 Å². The van der Waals surface area contributed by atoms with Gasteiger partial charge < -0.3 is 0 Å². The maximum atomic E-state index is 5.56. The Balaban J connectivity index is 3.24. The lowest BCUT2D eigenvalue weighted by atomic mass is 10.0. The quantitative estimate of drug-likeness (QED) is 0.210. The van der Waals surface area contributed by atoms with Crippen LogP contribution in [0, 0.1) is 12.3 Å². The molecular formula is C17H34N2. The zero-order valence-electron chi connectivity index (χ0n) is 12.9. The molecule has 112 valence electrons. The second kappa shape index (κ2) is 15.5. The van der Waals surface area contributed by atoms with Gasteiger partial charge in [-0.05, 0) is 19.3 Å². The van der Waals surface area contributed by atoms with E-state index in [1.807, 2.05) is 0 Å². The minimum atomic E-state index is 0.456. The molecule has 0 saturated carbocycles. The molecule has 0 heterocycles. The first-order valence-electron chi connectivity index (χ1n) is 8.24. The molecule has 1 unspecified atom stereocenters. The highest BCUT2D eigenvalue weighted by Crippen LogP contribution is 2.13. The predicted molar refractivity (Wildman–Crippen MR) is 85.6 cm³/mol.